The van der Waals surface area contributed by atoms with Crippen LogP contribution in [0.3, 0.4) is 0 Å². The van der Waals surface area contributed by atoms with Crippen LogP contribution in [0.5, 0.6) is 0 Å². The van der Waals surface area contributed by atoms with E-state index in [0.29, 0.717) is 0 Å². The molecular weight excluding hydrogens is 174 g/mol. The quantitative estimate of drug-likeness (QED) is 0.712. The van der Waals surface area contributed by atoms with Crippen LogP contribution in [0.2, 0.25) is 0 Å². The number of hydrogen-bond acceptors (Lipinski definition) is 2. The Hall–Kier alpha value is -0.830. The first-order chi connectivity index (χ1) is 6.77. The molecular formula is C11H19N3. The minimum absolute atomic E-state index is 0.946. The van der Waals surface area contributed by atoms with E-state index in [1.807, 2.05) is 17.9 Å². The Balaban J connectivity index is 1.61. The Kier molecular flexibility index (Phi) is 2.87. The molecule has 1 N–H and O–H groups in total. The molecule has 1 fully saturated rings. The van der Waals surface area contributed by atoms with Crippen molar-refractivity contribution in [3.63, 3.8) is 0 Å². The first-order valence-corrected chi connectivity index (χ1v) is 5.45. The lowest BCUT2D eigenvalue weighted by molar-refractivity contribution is 0.596. The Labute approximate surface area is 85.5 Å². The predicted octanol–water partition coefficient (Wildman–Crippen LogP) is 1.21. The summed E-state index contributed by atoms with van der Waals surface area (Å²) in [5.74, 6) is 1.90. The van der Waals surface area contributed by atoms with Crippen LogP contribution in [-0.4, -0.2) is 22.9 Å². The second kappa shape index (κ2) is 4.13. The van der Waals surface area contributed by atoms with Gasteiger partial charge < -0.3 is 5.32 Å². The number of hydrogen-bond donors (Lipinski definition) is 1. The number of aryl methyl sites for hydroxylation is 1. The van der Waals surface area contributed by atoms with Gasteiger partial charge in [0.1, 0.15) is 0 Å². The summed E-state index contributed by atoms with van der Waals surface area (Å²) in [5, 5.41) is 7.65. The second-order valence-corrected chi connectivity index (χ2v) is 4.37. The lowest BCUT2D eigenvalue weighted by Crippen LogP contribution is -2.21. The van der Waals surface area contributed by atoms with Gasteiger partial charge in [0.2, 0.25) is 0 Å². The van der Waals surface area contributed by atoms with Crippen molar-refractivity contribution in [2.45, 2.75) is 19.8 Å². The summed E-state index contributed by atoms with van der Waals surface area (Å²) in [7, 11) is 2.00. The SMILES string of the molecule is CC1CC1CNCCc1ccnn1C. The molecule has 0 aromatic carbocycles. The fraction of sp³-hybridized carbons (Fsp3) is 0.727. The van der Waals surface area contributed by atoms with Crippen LogP contribution >= 0.6 is 0 Å². The van der Waals surface area contributed by atoms with E-state index in [0.717, 1.165) is 24.8 Å². The molecule has 0 bridgehead atoms. The smallest absolute Gasteiger partial charge is 0.0492 e. The molecule has 1 aliphatic carbocycles. The third-order valence-corrected chi connectivity index (χ3v) is 3.16. The fourth-order valence-electron chi connectivity index (χ4n) is 1.83. The molecule has 0 aliphatic heterocycles. The molecule has 2 atom stereocenters. The van der Waals surface area contributed by atoms with Crippen molar-refractivity contribution in [2.75, 3.05) is 13.1 Å². The van der Waals surface area contributed by atoms with Gasteiger partial charge in [0.05, 0.1) is 0 Å². The minimum Gasteiger partial charge on any atom is -0.316 e. The van der Waals surface area contributed by atoms with Crippen LogP contribution in [0, 0.1) is 11.8 Å². The van der Waals surface area contributed by atoms with Gasteiger partial charge in [-0.3, -0.25) is 4.68 Å². The third-order valence-electron chi connectivity index (χ3n) is 3.16. The molecule has 1 aromatic rings. The topological polar surface area (TPSA) is 29.9 Å². The summed E-state index contributed by atoms with van der Waals surface area (Å²) in [6, 6.07) is 2.08. The van der Waals surface area contributed by atoms with Crippen molar-refractivity contribution in [2.24, 2.45) is 18.9 Å². The first-order valence-electron chi connectivity index (χ1n) is 5.45. The number of nitrogens with one attached hydrogen (secondary N) is 1. The van der Waals surface area contributed by atoms with Gasteiger partial charge in [-0.15, -0.1) is 0 Å². The highest BCUT2D eigenvalue weighted by atomic mass is 15.3. The lowest BCUT2D eigenvalue weighted by Gasteiger charge is -2.04. The minimum atomic E-state index is 0.946. The summed E-state index contributed by atoms with van der Waals surface area (Å²) in [5.41, 5.74) is 1.31. The fourth-order valence-corrected chi connectivity index (χ4v) is 1.83. The zero-order valence-electron chi connectivity index (χ0n) is 9.03. The molecule has 1 heterocycles. The molecule has 3 nitrogen and oxygen atoms in total. The Morgan fingerprint density at radius 3 is 3.00 bits per heavy atom. The van der Waals surface area contributed by atoms with Crippen LogP contribution in [0.25, 0.3) is 0 Å². The monoisotopic (exact) mass is 193 g/mol. The third kappa shape index (κ3) is 2.35. The van der Waals surface area contributed by atoms with Crippen molar-refractivity contribution in [3.8, 4) is 0 Å². The molecule has 0 radical (unpaired) electrons. The van der Waals surface area contributed by atoms with E-state index in [9.17, 15) is 0 Å². The molecule has 1 saturated carbocycles. The standard InChI is InChI=1S/C11H19N3/c1-9-7-10(9)8-12-5-3-11-4-6-13-14(11)2/h4,6,9-10,12H,3,5,7-8H2,1-2H3. The van der Waals surface area contributed by atoms with Crippen molar-refractivity contribution >= 4 is 0 Å². The highest BCUT2D eigenvalue weighted by molar-refractivity contribution is 5.00. The van der Waals surface area contributed by atoms with E-state index in [1.54, 1.807) is 0 Å². The second-order valence-electron chi connectivity index (χ2n) is 4.37. The Bertz CT molecular complexity index is 292. The van der Waals surface area contributed by atoms with Gasteiger partial charge in [-0.05, 0) is 30.9 Å². The van der Waals surface area contributed by atoms with Gasteiger partial charge in [0.25, 0.3) is 0 Å². The zero-order valence-corrected chi connectivity index (χ0v) is 9.03. The van der Waals surface area contributed by atoms with Crippen molar-refractivity contribution in [1.82, 2.24) is 15.1 Å². The molecule has 0 spiro atoms. The van der Waals surface area contributed by atoms with Gasteiger partial charge >= 0.3 is 0 Å². The molecule has 0 saturated heterocycles. The summed E-state index contributed by atoms with van der Waals surface area (Å²) >= 11 is 0. The van der Waals surface area contributed by atoms with Gasteiger partial charge in [-0.25, -0.2) is 0 Å². The normalized spacial score (nSPS) is 25.3. The average molecular weight is 193 g/mol. The van der Waals surface area contributed by atoms with E-state index < -0.39 is 0 Å². The molecule has 2 rings (SSSR count). The van der Waals surface area contributed by atoms with Crippen molar-refractivity contribution in [3.05, 3.63) is 18.0 Å². The van der Waals surface area contributed by atoms with Gasteiger partial charge in [0, 0.05) is 31.9 Å². The molecule has 0 amide bonds. The van der Waals surface area contributed by atoms with Gasteiger partial charge in [-0.1, -0.05) is 6.92 Å². The van der Waals surface area contributed by atoms with Crippen LogP contribution < -0.4 is 5.32 Å². The van der Waals surface area contributed by atoms with E-state index in [-0.39, 0.29) is 0 Å². The Morgan fingerprint density at radius 1 is 1.64 bits per heavy atom. The molecule has 3 heteroatoms. The highest BCUT2D eigenvalue weighted by Crippen LogP contribution is 2.36. The number of nitrogens with zero attached hydrogens (tertiary/aromatic N) is 2. The molecule has 14 heavy (non-hydrogen) atoms. The summed E-state index contributed by atoms with van der Waals surface area (Å²) < 4.78 is 1.95. The predicted molar refractivity (Wildman–Crippen MR) is 57.1 cm³/mol. The maximum atomic E-state index is 4.14. The molecule has 1 aliphatic rings. The van der Waals surface area contributed by atoms with Crippen LogP contribution in [0.1, 0.15) is 19.0 Å². The van der Waals surface area contributed by atoms with Crippen molar-refractivity contribution in [1.29, 1.82) is 0 Å². The zero-order chi connectivity index (χ0) is 9.97. The number of aromatic nitrogens is 2. The molecule has 1 aromatic heterocycles. The highest BCUT2D eigenvalue weighted by Gasteiger charge is 2.31. The van der Waals surface area contributed by atoms with Crippen LogP contribution in [-0.2, 0) is 13.5 Å². The van der Waals surface area contributed by atoms with E-state index in [2.05, 4.69) is 23.4 Å². The van der Waals surface area contributed by atoms with E-state index >= 15 is 0 Å². The largest absolute Gasteiger partial charge is 0.316 e. The lowest BCUT2D eigenvalue weighted by atomic mass is 10.3. The van der Waals surface area contributed by atoms with E-state index in [4.69, 9.17) is 0 Å². The molecule has 2 unspecified atom stereocenters. The van der Waals surface area contributed by atoms with Crippen LogP contribution in [0.4, 0.5) is 0 Å². The van der Waals surface area contributed by atoms with Gasteiger partial charge in [-0.2, -0.15) is 5.10 Å². The summed E-state index contributed by atoms with van der Waals surface area (Å²) in [4.78, 5) is 0. The summed E-state index contributed by atoms with van der Waals surface area (Å²) in [6.45, 7) is 4.59. The maximum Gasteiger partial charge on any atom is 0.0492 e. The average Bonchev–Trinajstić information content (AvgIpc) is 2.70. The summed E-state index contributed by atoms with van der Waals surface area (Å²) in [6.07, 6.45) is 4.36. The van der Waals surface area contributed by atoms with Crippen LogP contribution in [0.15, 0.2) is 12.3 Å². The van der Waals surface area contributed by atoms with Gasteiger partial charge in [0.15, 0.2) is 0 Å². The number of rotatable bonds is 5. The van der Waals surface area contributed by atoms with E-state index in [1.165, 1.54) is 18.7 Å². The molecule has 78 valence electrons. The first kappa shape index (κ1) is 9.71. The van der Waals surface area contributed by atoms with Crippen molar-refractivity contribution < 1.29 is 0 Å². The maximum absolute atomic E-state index is 4.14. The Morgan fingerprint density at radius 2 is 2.43 bits per heavy atom.